The molecule has 5 rings (SSSR count). The summed E-state index contributed by atoms with van der Waals surface area (Å²) >= 11 is 0.977. The van der Waals surface area contributed by atoms with E-state index in [0.29, 0.717) is 21.7 Å². The van der Waals surface area contributed by atoms with Gasteiger partial charge in [-0.15, -0.1) is 0 Å². The number of nitrogens with one attached hydrogen (secondary N) is 4. The third-order valence-electron chi connectivity index (χ3n) is 4.29. The molecule has 30 heavy (non-hydrogen) atoms. The zero-order valence-corrected chi connectivity index (χ0v) is 15.6. The third-order valence-corrected chi connectivity index (χ3v) is 5.33. The fourth-order valence-corrected chi connectivity index (χ4v) is 3.73. The van der Waals surface area contributed by atoms with Crippen LogP contribution < -0.4 is 10.9 Å². The molecule has 1 aromatic carbocycles. The molecule has 0 bridgehead atoms. The van der Waals surface area contributed by atoms with Crippen molar-refractivity contribution in [2.75, 3.05) is 5.32 Å². The molecule has 0 aliphatic heterocycles. The number of carbonyl (C=O) groups is 1. The highest BCUT2D eigenvalue weighted by Crippen LogP contribution is 2.32. The lowest BCUT2D eigenvalue weighted by Crippen LogP contribution is -2.18. The molecule has 0 saturated carbocycles. The molecule has 13 heteroatoms. The third kappa shape index (κ3) is 2.89. The second kappa shape index (κ2) is 6.59. The summed E-state index contributed by atoms with van der Waals surface area (Å²) in [6, 6.07) is 7.97. The maximum absolute atomic E-state index is 12.8. The maximum atomic E-state index is 12.8. The molecule has 4 N–H and O–H groups in total. The number of imidazole rings is 2. The van der Waals surface area contributed by atoms with Crippen LogP contribution in [0.1, 0.15) is 10.4 Å². The molecule has 0 fully saturated rings. The molecule has 0 aliphatic carbocycles. The summed E-state index contributed by atoms with van der Waals surface area (Å²) in [5.41, 5.74) is 1.12. The Hall–Kier alpha value is -4.39. The number of thiophene rings is 1. The monoisotopic (exact) mass is 422 g/mol. The van der Waals surface area contributed by atoms with Crippen LogP contribution in [0.15, 0.2) is 41.5 Å². The van der Waals surface area contributed by atoms with E-state index in [0.717, 1.165) is 11.3 Å². The Morgan fingerprint density at radius 1 is 1.17 bits per heavy atom. The van der Waals surface area contributed by atoms with Crippen LogP contribution in [0.2, 0.25) is 0 Å². The zero-order valence-electron chi connectivity index (χ0n) is 14.8. The van der Waals surface area contributed by atoms with Crippen molar-refractivity contribution >= 4 is 50.4 Å². The maximum Gasteiger partial charge on any atom is 0.324 e. The van der Waals surface area contributed by atoms with Crippen LogP contribution >= 0.6 is 11.3 Å². The summed E-state index contributed by atoms with van der Waals surface area (Å²) in [5, 5.41) is 13.5. The van der Waals surface area contributed by atoms with Crippen LogP contribution in [-0.2, 0) is 0 Å². The minimum atomic E-state index is -0.533. The van der Waals surface area contributed by atoms with E-state index in [4.69, 9.17) is 0 Å². The summed E-state index contributed by atoms with van der Waals surface area (Å²) in [4.78, 5) is 56.5. The molecule has 5 aromatic rings. The number of para-hydroxylation sites is 1. The Labute approximate surface area is 169 Å². The van der Waals surface area contributed by atoms with E-state index in [1.165, 1.54) is 12.4 Å². The number of nitro groups is 1. The van der Waals surface area contributed by atoms with Crippen LogP contribution in [0, 0.1) is 10.1 Å². The highest BCUT2D eigenvalue weighted by atomic mass is 32.1. The van der Waals surface area contributed by atoms with Gasteiger partial charge in [-0.1, -0.05) is 17.4 Å². The van der Waals surface area contributed by atoms with E-state index in [2.05, 4.69) is 35.2 Å². The van der Waals surface area contributed by atoms with Crippen molar-refractivity contribution in [1.29, 1.82) is 0 Å². The molecule has 0 unspecified atom stereocenters. The van der Waals surface area contributed by atoms with E-state index in [1.54, 1.807) is 24.3 Å². The van der Waals surface area contributed by atoms with Gasteiger partial charge in [0.05, 0.1) is 27.2 Å². The van der Waals surface area contributed by atoms with Gasteiger partial charge in [-0.25, -0.2) is 9.97 Å². The first-order valence-corrected chi connectivity index (χ1v) is 9.29. The van der Waals surface area contributed by atoms with E-state index in [9.17, 15) is 19.7 Å². The number of benzene rings is 1. The minimum Gasteiger partial charge on any atom is -0.339 e. The summed E-state index contributed by atoms with van der Waals surface area (Å²) in [6.07, 6.45) is 1.33. The summed E-state index contributed by atoms with van der Waals surface area (Å²) in [5.74, 6) is -0.173. The lowest BCUT2D eigenvalue weighted by atomic mass is 10.2. The minimum absolute atomic E-state index is 0.00721. The first-order valence-electron chi connectivity index (χ1n) is 8.47. The molecular weight excluding hydrogens is 412 g/mol. The van der Waals surface area contributed by atoms with E-state index in [1.807, 2.05) is 0 Å². The number of anilines is 1. The molecule has 0 aliphatic rings. The van der Waals surface area contributed by atoms with Crippen molar-refractivity contribution < 1.29 is 9.72 Å². The SMILES string of the molecule is O=C(Nc1nc2nc[nH]c2c(=O)[nH]1)c1cccc2[nH]c(-c3ccc([N+](=O)[O-])s3)nc12. The highest BCUT2D eigenvalue weighted by Gasteiger charge is 2.18. The number of hydrogen-bond donors (Lipinski definition) is 4. The molecule has 4 aromatic heterocycles. The molecule has 0 atom stereocenters. The number of aromatic amines is 3. The first-order chi connectivity index (χ1) is 14.5. The smallest absolute Gasteiger partial charge is 0.324 e. The van der Waals surface area contributed by atoms with Gasteiger partial charge in [-0.05, 0) is 18.2 Å². The van der Waals surface area contributed by atoms with Crippen molar-refractivity contribution in [2.45, 2.75) is 0 Å². The van der Waals surface area contributed by atoms with Gasteiger partial charge in [0.25, 0.3) is 11.5 Å². The van der Waals surface area contributed by atoms with Crippen LogP contribution in [0.25, 0.3) is 32.9 Å². The van der Waals surface area contributed by atoms with Gasteiger partial charge >= 0.3 is 5.00 Å². The second-order valence-electron chi connectivity index (χ2n) is 6.15. The normalized spacial score (nSPS) is 11.2. The van der Waals surface area contributed by atoms with Crippen molar-refractivity contribution in [1.82, 2.24) is 29.9 Å². The molecule has 12 nitrogen and oxygen atoms in total. The van der Waals surface area contributed by atoms with Gasteiger partial charge in [0.2, 0.25) is 5.95 Å². The largest absolute Gasteiger partial charge is 0.339 e. The Bertz CT molecular complexity index is 1510. The summed E-state index contributed by atoms with van der Waals surface area (Å²) < 4.78 is 0. The van der Waals surface area contributed by atoms with Crippen molar-refractivity contribution in [3.05, 3.63) is 62.7 Å². The van der Waals surface area contributed by atoms with Gasteiger partial charge in [0.15, 0.2) is 11.2 Å². The number of hydrogen-bond acceptors (Lipinski definition) is 8. The fraction of sp³-hybridized carbons (Fsp3) is 0. The average Bonchev–Trinajstić information content (AvgIpc) is 3.45. The van der Waals surface area contributed by atoms with Crippen molar-refractivity contribution in [3.63, 3.8) is 0 Å². The molecule has 1 amide bonds. The topological polar surface area (TPSA) is 175 Å². The van der Waals surface area contributed by atoms with E-state index in [-0.39, 0.29) is 27.7 Å². The van der Waals surface area contributed by atoms with Crippen LogP contribution in [0.3, 0.4) is 0 Å². The number of carbonyl (C=O) groups excluding carboxylic acids is 1. The standard InChI is InChI=1S/C17H10N8O4S/c26-15(23-17-22-14-12(16(27)24-17)18-6-19-14)7-2-1-3-8-11(7)21-13(20-8)9-4-5-10(30-9)25(28)29/h1-6H,(H,20,21)(H3,18,19,22,23,24,26,27). The Kier molecular flexibility index (Phi) is 3.89. The Morgan fingerprint density at radius 3 is 2.83 bits per heavy atom. The van der Waals surface area contributed by atoms with Crippen molar-refractivity contribution in [3.8, 4) is 10.7 Å². The number of aromatic nitrogens is 6. The molecule has 0 saturated heterocycles. The van der Waals surface area contributed by atoms with Gasteiger partial charge in [-0.2, -0.15) is 4.98 Å². The zero-order chi connectivity index (χ0) is 20.8. The van der Waals surface area contributed by atoms with E-state index < -0.39 is 16.4 Å². The molecule has 4 heterocycles. The summed E-state index contributed by atoms with van der Waals surface area (Å²) in [7, 11) is 0. The van der Waals surface area contributed by atoms with Gasteiger partial charge < -0.3 is 9.97 Å². The number of amides is 1. The predicted molar refractivity (Wildman–Crippen MR) is 109 cm³/mol. The quantitative estimate of drug-likeness (QED) is 0.254. The second-order valence-corrected chi connectivity index (χ2v) is 7.21. The number of rotatable bonds is 4. The average molecular weight is 422 g/mol. The number of H-pyrrole nitrogens is 3. The highest BCUT2D eigenvalue weighted by molar-refractivity contribution is 7.18. The van der Waals surface area contributed by atoms with E-state index >= 15 is 0 Å². The Morgan fingerprint density at radius 2 is 2.03 bits per heavy atom. The first kappa shape index (κ1) is 17.7. The van der Waals surface area contributed by atoms with Gasteiger partial charge in [0.1, 0.15) is 11.3 Å². The van der Waals surface area contributed by atoms with Crippen LogP contribution in [0.4, 0.5) is 10.9 Å². The molecule has 0 spiro atoms. The summed E-state index contributed by atoms with van der Waals surface area (Å²) in [6.45, 7) is 0. The lowest BCUT2D eigenvalue weighted by molar-refractivity contribution is -0.380. The molecule has 148 valence electrons. The number of fused-ring (bicyclic) bond motifs is 2. The van der Waals surface area contributed by atoms with Crippen molar-refractivity contribution in [2.24, 2.45) is 0 Å². The predicted octanol–water partition coefficient (Wildman–Crippen LogP) is 2.41. The number of nitrogens with zero attached hydrogens (tertiary/aromatic N) is 4. The molecular formula is C17H10N8O4S. The van der Waals surface area contributed by atoms with Crippen LogP contribution in [0.5, 0.6) is 0 Å². The molecule has 0 radical (unpaired) electrons. The van der Waals surface area contributed by atoms with Gasteiger partial charge in [-0.3, -0.25) is 30.0 Å². The van der Waals surface area contributed by atoms with Crippen LogP contribution in [-0.4, -0.2) is 40.7 Å². The Balaban J connectivity index is 1.51. The van der Waals surface area contributed by atoms with Gasteiger partial charge in [0, 0.05) is 6.07 Å². The fourth-order valence-electron chi connectivity index (χ4n) is 2.96. The lowest BCUT2D eigenvalue weighted by Gasteiger charge is -2.04.